The van der Waals surface area contributed by atoms with Crippen molar-refractivity contribution in [1.29, 1.82) is 0 Å². The van der Waals surface area contributed by atoms with Crippen LogP contribution in [0.25, 0.3) is 0 Å². The predicted molar refractivity (Wildman–Crippen MR) is 96.2 cm³/mol. The van der Waals surface area contributed by atoms with E-state index >= 15 is 0 Å². The van der Waals surface area contributed by atoms with E-state index in [-0.39, 0.29) is 23.5 Å². The smallest absolute Gasteiger partial charge is 0.253 e. The molecule has 0 saturated carbocycles. The van der Waals surface area contributed by atoms with Gasteiger partial charge >= 0.3 is 0 Å². The molecular formula is C18H23N3O3S. The first kappa shape index (κ1) is 17.7. The van der Waals surface area contributed by atoms with Crippen molar-refractivity contribution in [3.8, 4) is 0 Å². The molecule has 1 atom stereocenters. The molecule has 1 aliphatic heterocycles. The summed E-state index contributed by atoms with van der Waals surface area (Å²) in [5.74, 6) is 0.320. The van der Waals surface area contributed by atoms with E-state index in [2.05, 4.69) is 5.10 Å². The van der Waals surface area contributed by atoms with Gasteiger partial charge in [0.05, 0.1) is 23.2 Å². The Bertz CT molecular complexity index is 888. The number of nitrogens with zero attached hydrogens (tertiary/aromatic N) is 3. The molecule has 1 aromatic heterocycles. The highest BCUT2D eigenvalue weighted by atomic mass is 32.2. The number of hydrogen-bond donors (Lipinski definition) is 0. The number of aromatic nitrogens is 2. The largest absolute Gasteiger partial charge is 0.337 e. The zero-order valence-electron chi connectivity index (χ0n) is 14.8. The van der Waals surface area contributed by atoms with Crippen molar-refractivity contribution in [2.45, 2.75) is 32.9 Å². The number of aryl methyl sites for hydroxylation is 1. The van der Waals surface area contributed by atoms with E-state index in [1.54, 1.807) is 24.1 Å². The van der Waals surface area contributed by atoms with Gasteiger partial charge in [0.2, 0.25) is 0 Å². The SMILES string of the molecule is Cc1nn([C@@H]2CCS(=O)(=O)C2)c(C)c1CN(C)C(=O)c1ccccc1. The van der Waals surface area contributed by atoms with E-state index in [1.165, 1.54) is 0 Å². The first-order valence-electron chi connectivity index (χ1n) is 8.34. The van der Waals surface area contributed by atoms with Crippen LogP contribution in [-0.2, 0) is 16.4 Å². The second kappa shape index (κ2) is 6.63. The van der Waals surface area contributed by atoms with Gasteiger partial charge in [-0.15, -0.1) is 0 Å². The van der Waals surface area contributed by atoms with Crippen molar-refractivity contribution < 1.29 is 13.2 Å². The van der Waals surface area contributed by atoms with Gasteiger partial charge in [0.1, 0.15) is 0 Å². The molecule has 1 amide bonds. The Morgan fingerprint density at radius 3 is 2.56 bits per heavy atom. The lowest BCUT2D eigenvalue weighted by atomic mass is 10.1. The molecule has 134 valence electrons. The zero-order valence-corrected chi connectivity index (χ0v) is 15.6. The highest BCUT2D eigenvalue weighted by Crippen LogP contribution is 2.27. The van der Waals surface area contributed by atoms with Crippen LogP contribution in [0.4, 0.5) is 0 Å². The van der Waals surface area contributed by atoms with Crippen LogP contribution < -0.4 is 0 Å². The van der Waals surface area contributed by atoms with Crippen LogP contribution in [0.3, 0.4) is 0 Å². The molecule has 6 nitrogen and oxygen atoms in total. The first-order valence-corrected chi connectivity index (χ1v) is 10.2. The Morgan fingerprint density at radius 1 is 1.28 bits per heavy atom. The third-order valence-corrected chi connectivity index (χ3v) is 6.54. The van der Waals surface area contributed by atoms with Gasteiger partial charge in [0.15, 0.2) is 9.84 Å². The van der Waals surface area contributed by atoms with Crippen molar-refractivity contribution in [2.75, 3.05) is 18.6 Å². The van der Waals surface area contributed by atoms with Gasteiger partial charge in [0, 0.05) is 30.4 Å². The maximum Gasteiger partial charge on any atom is 0.253 e. The van der Waals surface area contributed by atoms with E-state index in [0.29, 0.717) is 18.5 Å². The van der Waals surface area contributed by atoms with Gasteiger partial charge in [0.25, 0.3) is 5.91 Å². The summed E-state index contributed by atoms with van der Waals surface area (Å²) in [6.07, 6.45) is 0.600. The Labute approximate surface area is 148 Å². The Balaban J connectivity index is 1.80. The lowest BCUT2D eigenvalue weighted by molar-refractivity contribution is 0.0784. The number of rotatable bonds is 4. The summed E-state index contributed by atoms with van der Waals surface area (Å²) in [6.45, 7) is 4.30. The predicted octanol–water partition coefficient (Wildman–Crippen LogP) is 2.13. The summed E-state index contributed by atoms with van der Waals surface area (Å²) in [6, 6.07) is 9.06. The second-order valence-electron chi connectivity index (χ2n) is 6.68. The van der Waals surface area contributed by atoms with Crippen molar-refractivity contribution in [3.63, 3.8) is 0 Å². The van der Waals surface area contributed by atoms with E-state index in [4.69, 9.17) is 0 Å². The summed E-state index contributed by atoms with van der Waals surface area (Å²) in [7, 11) is -1.19. The van der Waals surface area contributed by atoms with E-state index in [0.717, 1.165) is 17.0 Å². The molecule has 0 bridgehead atoms. The lowest BCUT2D eigenvalue weighted by Gasteiger charge is -2.18. The zero-order chi connectivity index (χ0) is 18.2. The van der Waals surface area contributed by atoms with Crippen LogP contribution in [0.1, 0.15) is 39.8 Å². The van der Waals surface area contributed by atoms with E-state index in [9.17, 15) is 13.2 Å². The molecule has 1 fully saturated rings. The molecule has 25 heavy (non-hydrogen) atoms. The fourth-order valence-electron chi connectivity index (χ4n) is 3.36. The fraction of sp³-hybridized carbons (Fsp3) is 0.444. The number of sulfone groups is 1. The molecule has 0 spiro atoms. The quantitative estimate of drug-likeness (QED) is 0.836. The Morgan fingerprint density at radius 2 is 1.96 bits per heavy atom. The molecule has 1 aromatic carbocycles. The number of amides is 1. The normalized spacial score (nSPS) is 19.1. The topological polar surface area (TPSA) is 72.3 Å². The van der Waals surface area contributed by atoms with E-state index in [1.807, 2.05) is 36.7 Å². The third-order valence-electron chi connectivity index (χ3n) is 4.79. The molecule has 1 aliphatic rings. The monoisotopic (exact) mass is 361 g/mol. The van der Waals surface area contributed by atoms with Gasteiger partial charge in [-0.25, -0.2) is 8.42 Å². The highest BCUT2D eigenvalue weighted by Gasteiger charge is 2.31. The standard InChI is InChI=1S/C18H23N3O3S/c1-13-17(11-20(3)18(22)15-7-5-4-6-8-15)14(2)21(19-13)16-9-10-25(23,24)12-16/h4-8,16H,9-12H2,1-3H3/t16-/m1/s1. The van der Waals surface area contributed by atoms with Gasteiger partial charge < -0.3 is 4.90 Å². The molecule has 0 aliphatic carbocycles. The minimum absolute atomic E-state index is 0.0457. The molecule has 3 rings (SSSR count). The van der Waals surface area contributed by atoms with Crippen molar-refractivity contribution >= 4 is 15.7 Å². The molecule has 0 radical (unpaired) electrons. The van der Waals surface area contributed by atoms with Crippen LogP contribution in [0.5, 0.6) is 0 Å². The van der Waals surface area contributed by atoms with Crippen LogP contribution in [0.15, 0.2) is 30.3 Å². The average molecular weight is 361 g/mol. The second-order valence-corrected chi connectivity index (χ2v) is 8.91. The summed E-state index contributed by atoms with van der Waals surface area (Å²) >= 11 is 0. The summed E-state index contributed by atoms with van der Waals surface area (Å²) in [5, 5.41) is 4.56. The molecule has 7 heteroatoms. The average Bonchev–Trinajstić information content (AvgIpc) is 3.08. The number of hydrogen-bond acceptors (Lipinski definition) is 4. The van der Waals surface area contributed by atoms with Gasteiger partial charge in [-0.2, -0.15) is 5.10 Å². The summed E-state index contributed by atoms with van der Waals surface area (Å²) in [5.41, 5.74) is 3.41. The lowest BCUT2D eigenvalue weighted by Crippen LogP contribution is -2.26. The first-order chi connectivity index (χ1) is 11.8. The number of carbonyl (C=O) groups excluding carboxylic acids is 1. The number of benzene rings is 1. The third kappa shape index (κ3) is 3.61. The highest BCUT2D eigenvalue weighted by molar-refractivity contribution is 7.91. The molecule has 0 unspecified atom stereocenters. The van der Waals surface area contributed by atoms with Gasteiger partial charge in [-0.3, -0.25) is 9.48 Å². The van der Waals surface area contributed by atoms with Crippen LogP contribution >= 0.6 is 0 Å². The molecular weight excluding hydrogens is 338 g/mol. The van der Waals surface area contributed by atoms with Gasteiger partial charge in [-0.1, -0.05) is 18.2 Å². The van der Waals surface area contributed by atoms with Crippen LogP contribution in [-0.4, -0.2) is 47.6 Å². The van der Waals surface area contributed by atoms with Crippen molar-refractivity contribution in [2.24, 2.45) is 0 Å². The Hall–Kier alpha value is -2.15. The maximum absolute atomic E-state index is 12.5. The molecule has 2 heterocycles. The molecule has 1 saturated heterocycles. The van der Waals surface area contributed by atoms with Crippen molar-refractivity contribution in [1.82, 2.24) is 14.7 Å². The molecule has 2 aromatic rings. The minimum atomic E-state index is -2.96. The van der Waals surface area contributed by atoms with Crippen molar-refractivity contribution in [3.05, 3.63) is 52.8 Å². The van der Waals surface area contributed by atoms with E-state index < -0.39 is 9.84 Å². The molecule has 0 N–H and O–H groups in total. The minimum Gasteiger partial charge on any atom is -0.337 e. The number of carbonyl (C=O) groups is 1. The van der Waals surface area contributed by atoms with Crippen LogP contribution in [0, 0.1) is 13.8 Å². The summed E-state index contributed by atoms with van der Waals surface area (Å²) in [4.78, 5) is 14.2. The summed E-state index contributed by atoms with van der Waals surface area (Å²) < 4.78 is 25.3. The fourth-order valence-corrected chi connectivity index (χ4v) is 5.05. The maximum atomic E-state index is 12.5. The Kier molecular flexibility index (Phi) is 4.69. The van der Waals surface area contributed by atoms with Gasteiger partial charge in [-0.05, 0) is 32.4 Å². The van der Waals surface area contributed by atoms with Crippen LogP contribution in [0.2, 0.25) is 0 Å².